The van der Waals surface area contributed by atoms with Crippen LogP contribution in [-0.4, -0.2) is 73.1 Å². The molecule has 5 rings (SSSR count). The number of carbonyl (C=O) groups is 4. The number of rotatable bonds is 10. The van der Waals surface area contributed by atoms with Gasteiger partial charge in [0, 0.05) is 7.11 Å². The lowest BCUT2D eigenvalue weighted by atomic mass is 9.93. The van der Waals surface area contributed by atoms with Crippen molar-refractivity contribution < 1.29 is 52.7 Å². The van der Waals surface area contributed by atoms with Gasteiger partial charge in [0.05, 0.1) is 22.3 Å². The molecule has 46 heavy (non-hydrogen) atoms. The second-order valence-electron chi connectivity index (χ2n) is 10.1. The molecule has 0 aromatic heterocycles. The van der Waals surface area contributed by atoms with Gasteiger partial charge in [-0.2, -0.15) is 0 Å². The van der Waals surface area contributed by atoms with Crippen LogP contribution in [0.1, 0.15) is 41.4 Å². The molecule has 5 atom stereocenters. The van der Waals surface area contributed by atoms with Crippen LogP contribution in [0.5, 0.6) is 0 Å². The fraction of sp³-hybridized carbons (Fsp3) is 0.200. The summed E-state index contributed by atoms with van der Waals surface area (Å²) in [6.45, 7) is -0.592. The first-order chi connectivity index (χ1) is 22.3. The fourth-order valence-corrected chi connectivity index (χ4v) is 4.77. The summed E-state index contributed by atoms with van der Waals surface area (Å²) in [5.74, 6) is -6.12. The Labute approximate surface area is 264 Å². The summed E-state index contributed by atoms with van der Waals surface area (Å²) in [7, 11) is 1.08. The highest BCUT2D eigenvalue weighted by Gasteiger charge is 2.63. The van der Waals surface area contributed by atoms with Gasteiger partial charge in [0.2, 0.25) is 12.4 Å². The van der Waals surface area contributed by atoms with Gasteiger partial charge in [-0.1, -0.05) is 72.8 Å². The van der Waals surface area contributed by atoms with Crippen molar-refractivity contribution in [3.8, 4) is 0 Å². The largest absolute Gasteiger partial charge is 0.459 e. The number of benzene rings is 4. The Bertz CT molecular complexity index is 1630. The van der Waals surface area contributed by atoms with Crippen molar-refractivity contribution in [3.63, 3.8) is 0 Å². The summed E-state index contributed by atoms with van der Waals surface area (Å²) in [5.41, 5.74) is 0.576. The van der Waals surface area contributed by atoms with E-state index in [1.165, 1.54) is 48.5 Å². The number of carbonyl (C=O) groups excluding carboxylic acids is 4. The van der Waals surface area contributed by atoms with Gasteiger partial charge < -0.3 is 33.5 Å². The molecule has 0 saturated carbocycles. The Hall–Kier alpha value is -5.36. The Kier molecular flexibility index (Phi) is 10.2. The molecule has 11 nitrogen and oxygen atoms in total. The third kappa shape index (κ3) is 7.29. The Morgan fingerprint density at radius 3 is 1.37 bits per heavy atom. The van der Waals surface area contributed by atoms with Crippen LogP contribution in [0, 0.1) is 0 Å². The molecule has 0 amide bonds. The van der Waals surface area contributed by atoms with Crippen LogP contribution in [0.3, 0.4) is 0 Å². The molecule has 1 heterocycles. The lowest BCUT2D eigenvalue weighted by Gasteiger charge is -2.48. The zero-order valence-corrected chi connectivity index (χ0v) is 24.6. The normalized spacial score (nSPS) is 22.2. The van der Waals surface area contributed by atoms with Gasteiger partial charge in [0.1, 0.15) is 12.7 Å². The highest BCUT2D eigenvalue weighted by atomic mass is 16.8. The molecule has 0 radical (unpaired) electrons. The van der Waals surface area contributed by atoms with E-state index < -0.39 is 60.9 Å². The summed E-state index contributed by atoms with van der Waals surface area (Å²) in [6, 6.07) is 31.7. The van der Waals surface area contributed by atoms with Crippen molar-refractivity contribution in [3.05, 3.63) is 144 Å². The molecule has 0 unspecified atom stereocenters. The summed E-state index contributed by atoms with van der Waals surface area (Å²) in [4.78, 5) is 52.6. The first kappa shape index (κ1) is 32.0. The maximum Gasteiger partial charge on any atom is 0.340 e. The van der Waals surface area contributed by atoms with Crippen LogP contribution in [0.25, 0.3) is 0 Å². The van der Waals surface area contributed by atoms with E-state index in [4.69, 9.17) is 28.4 Å². The highest BCUT2D eigenvalue weighted by Crippen LogP contribution is 2.37. The van der Waals surface area contributed by atoms with E-state index in [1.54, 1.807) is 72.8 Å². The maximum absolute atomic E-state index is 13.3. The Morgan fingerprint density at radius 2 is 0.957 bits per heavy atom. The van der Waals surface area contributed by atoms with E-state index in [2.05, 4.69) is 0 Å². The van der Waals surface area contributed by atoms with Crippen molar-refractivity contribution in [1.82, 2.24) is 0 Å². The number of methoxy groups -OCH3 is 1. The first-order valence-corrected chi connectivity index (χ1v) is 14.2. The molecule has 11 heteroatoms. The molecule has 1 N–H and O–H groups in total. The third-order valence-electron chi connectivity index (χ3n) is 7.14. The van der Waals surface area contributed by atoms with E-state index in [9.17, 15) is 24.3 Å². The van der Waals surface area contributed by atoms with E-state index in [0.29, 0.717) is 0 Å². The van der Waals surface area contributed by atoms with Gasteiger partial charge in [0.25, 0.3) is 5.79 Å². The summed E-state index contributed by atoms with van der Waals surface area (Å²) >= 11 is 0. The van der Waals surface area contributed by atoms with Crippen molar-refractivity contribution >= 4 is 23.9 Å². The minimum absolute atomic E-state index is 0.103. The minimum Gasteiger partial charge on any atom is -0.459 e. The number of hydrogen-bond donors (Lipinski definition) is 1. The Morgan fingerprint density at radius 1 is 0.587 bits per heavy atom. The zero-order chi connectivity index (χ0) is 32.5. The molecule has 1 aliphatic rings. The fourth-order valence-electron chi connectivity index (χ4n) is 4.77. The maximum atomic E-state index is 13.3. The average Bonchev–Trinajstić information content (AvgIpc) is 3.11. The Balaban J connectivity index is 1.51. The molecule has 0 spiro atoms. The first-order valence-electron chi connectivity index (χ1n) is 14.2. The number of ether oxygens (including phenoxy) is 6. The van der Waals surface area contributed by atoms with Crippen LogP contribution in [0.2, 0.25) is 0 Å². The lowest BCUT2D eigenvalue weighted by Crippen LogP contribution is -2.70. The van der Waals surface area contributed by atoms with Gasteiger partial charge in [-0.25, -0.2) is 19.2 Å². The highest BCUT2D eigenvalue weighted by molar-refractivity contribution is 5.91. The number of aliphatic hydroxyl groups is 1. The number of esters is 4. The van der Waals surface area contributed by atoms with Gasteiger partial charge >= 0.3 is 23.9 Å². The van der Waals surface area contributed by atoms with Crippen LogP contribution in [-0.2, 0) is 28.4 Å². The summed E-state index contributed by atoms with van der Waals surface area (Å²) < 4.78 is 34.1. The quantitative estimate of drug-likeness (QED) is 0.154. The predicted octanol–water partition coefficient (Wildman–Crippen LogP) is 4.21. The van der Waals surface area contributed by atoms with Crippen molar-refractivity contribution in [2.75, 3.05) is 13.7 Å². The van der Waals surface area contributed by atoms with Gasteiger partial charge in [-0.05, 0) is 48.5 Å². The molecule has 236 valence electrons. The molecule has 0 aliphatic carbocycles. The van der Waals surface area contributed by atoms with Crippen molar-refractivity contribution in [2.45, 2.75) is 30.4 Å². The van der Waals surface area contributed by atoms with Crippen LogP contribution < -0.4 is 0 Å². The molecule has 1 saturated heterocycles. The SMILES string of the molecule is CO[C@]1(O)[C@H](OC(=O)c2ccccc2)[C@@H](COC(=O)c2ccccc2)O[C@H](OC(=O)c2ccccc2)[C@@H]1OC(=O)c1ccccc1. The smallest absolute Gasteiger partial charge is 0.340 e. The van der Waals surface area contributed by atoms with Crippen LogP contribution >= 0.6 is 0 Å². The second-order valence-corrected chi connectivity index (χ2v) is 10.1. The monoisotopic (exact) mass is 626 g/mol. The van der Waals surface area contributed by atoms with E-state index >= 15 is 0 Å². The van der Waals surface area contributed by atoms with E-state index in [-0.39, 0.29) is 22.3 Å². The topological polar surface area (TPSA) is 144 Å². The van der Waals surface area contributed by atoms with Gasteiger partial charge in [-0.15, -0.1) is 0 Å². The van der Waals surface area contributed by atoms with Crippen LogP contribution in [0.15, 0.2) is 121 Å². The standard InChI is InChI=1S/C35H30O11/c1-41-35(40)28(44-31(37)24-16-8-3-9-17-24)27(22-42-30(36)23-14-6-2-7-15-23)43-34(46-33(39)26-20-12-5-13-21-26)29(35)45-32(38)25-18-10-4-11-19-25/h2-21,27-29,34,40H,22H2,1H3/t27-,28-,29+,34-,35-/m1/s1. The lowest BCUT2D eigenvalue weighted by molar-refractivity contribution is -0.383. The zero-order valence-electron chi connectivity index (χ0n) is 24.6. The molecular weight excluding hydrogens is 596 g/mol. The predicted molar refractivity (Wildman–Crippen MR) is 160 cm³/mol. The molecule has 4 aromatic rings. The molecular formula is C35H30O11. The molecule has 1 aliphatic heterocycles. The second kappa shape index (κ2) is 14.6. The number of hydrogen-bond acceptors (Lipinski definition) is 11. The van der Waals surface area contributed by atoms with Crippen LogP contribution in [0.4, 0.5) is 0 Å². The molecule has 4 aromatic carbocycles. The van der Waals surface area contributed by atoms with Crippen molar-refractivity contribution in [2.24, 2.45) is 0 Å². The minimum atomic E-state index is -2.68. The van der Waals surface area contributed by atoms with Gasteiger partial charge in [0.15, 0.2) is 6.10 Å². The third-order valence-corrected chi connectivity index (χ3v) is 7.14. The average molecular weight is 627 g/mol. The molecule has 1 fully saturated rings. The summed E-state index contributed by atoms with van der Waals surface area (Å²) in [6.07, 6.45) is -6.97. The molecule has 0 bridgehead atoms. The van der Waals surface area contributed by atoms with Crippen molar-refractivity contribution in [1.29, 1.82) is 0 Å². The van der Waals surface area contributed by atoms with Gasteiger partial charge in [-0.3, -0.25) is 0 Å². The van der Waals surface area contributed by atoms with E-state index in [1.807, 2.05) is 0 Å². The van der Waals surface area contributed by atoms with E-state index in [0.717, 1.165) is 7.11 Å². The summed E-state index contributed by atoms with van der Waals surface area (Å²) in [5, 5.41) is 12.1.